The first-order valence-electron chi connectivity index (χ1n) is 17.3. The Morgan fingerprint density at radius 2 is 1.63 bits per heavy atom. The molecule has 3 N–H and O–H groups in total. The number of likely N-dealkylation sites (N-methyl/N-ethyl adjacent to an activating group) is 1. The Morgan fingerprint density at radius 3 is 2.27 bits per heavy atom. The topological polar surface area (TPSA) is 163 Å². The van der Waals surface area contributed by atoms with Crippen LogP contribution in [0.2, 0.25) is 0 Å². The lowest BCUT2D eigenvalue weighted by Crippen LogP contribution is -2.59. The Morgan fingerprint density at radius 1 is 0.939 bits per heavy atom. The first-order valence-corrected chi connectivity index (χ1v) is 17.3. The zero-order valence-electron chi connectivity index (χ0n) is 30.5. The lowest BCUT2D eigenvalue weighted by Gasteiger charge is -2.43. The minimum atomic E-state index is -1.84. The molecule has 2 saturated heterocycles. The highest BCUT2D eigenvalue weighted by Crippen LogP contribution is 2.31. The molecule has 14 atom stereocenters. The number of carbonyl (C=O) groups is 2. The number of carbonyl (C=O) groups excluding carboxylic acids is 2. The Bertz CT molecular complexity index is 1150. The average Bonchev–Trinajstić information content (AvgIpc) is 3.05. The molecule has 0 amide bonds. The van der Waals surface area contributed by atoms with E-state index in [0.717, 1.165) is 0 Å². The predicted molar refractivity (Wildman–Crippen MR) is 180 cm³/mol. The second kappa shape index (κ2) is 19.0. The van der Waals surface area contributed by atoms with Gasteiger partial charge in [0.25, 0.3) is 0 Å². The van der Waals surface area contributed by atoms with Crippen molar-refractivity contribution in [2.75, 3.05) is 34.9 Å². The third-order valence-electron chi connectivity index (χ3n) is 9.78. The standard InChI is InChI=1S/C36H59NO12/c1-10-28-36(42,20-45-35-33(44-9)32(43-8)30(40)24(5)47-35)17-12-11-14-26(38)21(2)18-22(3)27(15-13-16-29(39)49-28)48-34-31(41)25(37(6)7)19-23(4)46-34/h11-14,16-17,21-25,27-28,30-35,40-42H,10,15,18-20H2,1-9H3/b14-11+,16-13+,17-12-/t21-,22+,23+,24+,25-,27-,28-,30+,31-,32-,33+,34-,35-,36-/m0/s1. The van der Waals surface area contributed by atoms with Gasteiger partial charge in [-0.1, -0.05) is 39.0 Å². The largest absolute Gasteiger partial charge is 0.456 e. The number of nitrogens with zero attached hydrogens (tertiary/aromatic N) is 1. The van der Waals surface area contributed by atoms with E-state index in [2.05, 4.69) is 0 Å². The Labute approximate surface area is 291 Å². The summed E-state index contributed by atoms with van der Waals surface area (Å²) in [6.07, 6.45) is 2.86. The fraction of sp³-hybridized carbons (Fsp3) is 0.778. The van der Waals surface area contributed by atoms with Gasteiger partial charge in [0.05, 0.1) is 24.9 Å². The maximum absolute atomic E-state index is 13.1. The van der Waals surface area contributed by atoms with Crippen molar-refractivity contribution in [3.63, 3.8) is 0 Å². The third kappa shape index (κ3) is 11.0. The van der Waals surface area contributed by atoms with E-state index < -0.39 is 66.9 Å². The van der Waals surface area contributed by atoms with Crippen LogP contribution in [0.3, 0.4) is 0 Å². The number of ether oxygens (including phenoxy) is 7. The number of cyclic esters (lactones) is 1. The molecule has 3 heterocycles. The smallest absolute Gasteiger partial charge is 0.330 e. The number of rotatable bonds is 9. The van der Waals surface area contributed by atoms with Crippen LogP contribution in [0.5, 0.6) is 0 Å². The summed E-state index contributed by atoms with van der Waals surface area (Å²) in [5, 5.41) is 33.5. The van der Waals surface area contributed by atoms with Crippen molar-refractivity contribution < 1.29 is 58.1 Å². The number of hydrogen-bond acceptors (Lipinski definition) is 13. The maximum atomic E-state index is 13.1. The summed E-state index contributed by atoms with van der Waals surface area (Å²) in [5.41, 5.74) is -1.84. The number of aliphatic hydroxyl groups excluding tert-OH is 2. The van der Waals surface area contributed by atoms with E-state index in [-0.39, 0.29) is 49.2 Å². The minimum absolute atomic E-state index is 0.108. The molecule has 0 aromatic heterocycles. The van der Waals surface area contributed by atoms with Crippen LogP contribution in [0.1, 0.15) is 60.3 Å². The summed E-state index contributed by atoms with van der Waals surface area (Å²) in [5.74, 6) is -1.27. The van der Waals surface area contributed by atoms with Crippen molar-refractivity contribution in [3.8, 4) is 0 Å². The molecular weight excluding hydrogens is 638 g/mol. The number of hydrogen-bond donors (Lipinski definition) is 3. The van der Waals surface area contributed by atoms with Crippen molar-refractivity contribution in [1.82, 2.24) is 4.90 Å². The number of aliphatic hydroxyl groups is 3. The molecule has 280 valence electrons. The SMILES string of the molecule is CC[C@@H]1OC(=O)/C=C/C[C@H](O[C@@H]2O[C@H](C)C[C@H](N(C)C)[C@@H]2O)[C@H](C)C[C@H](C)C(=O)/C=C/C=C\[C@]1(O)CO[C@H]1O[C@H](C)[C@@H](O)[C@H](OC)[C@H]1OC. The van der Waals surface area contributed by atoms with Crippen LogP contribution in [-0.4, -0.2) is 140 Å². The molecule has 2 fully saturated rings. The highest BCUT2D eigenvalue weighted by atomic mass is 16.7. The Hall–Kier alpha value is -2.04. The van der Waals surface area contributed by atoms with Gasteiger partial charge in [-0.2, -0.15) is 0 Å². The highest BCUT2D eigenvalue weighted by Gasteiger charge is 2.47. The van der Waals surface area contributed by atoms with Gasteiger partial charge < -0.3 is 53.4 Å². The zero-order chi connectivity index (χ0) is 36.5. The van der Waals surface area contributed by atoms with Crippen molar-refractivity contribution >= 4 is 11.8 Å². The molecule has 0 saturated carbocycles. The van der Waals surface area contributed by atoms with E-state index in [9.17, 15) is 24.9 Å². The maximum Gasteiger partial charge on any atom is 0.330 e. The summed E-state index contributed by atoms with van der Waals surface area (Å²) in [7, 11) is 6.70. The van der Waals surface area contributed by atoms with Gasteiger partial charge in [-0.3, -0.25) is 4.79 Å². The molecule has 3 aliphatic heterocycles. The molecular formula is C36H59NO12. The van der Waals surface area contributed by atoms with E-state index in [1.165, 1.54) is 44.6 Å². The van der Waals surface area contributed by atoms with Crippen molar-refractivity contribution in [3.05, 3.63) is 36.5 Å². The summed E-state index contributed by atoms with van der Waals surface area (Å²) in [4.78, 5) is 28.2. The van der Waals surface area contributed by atoms with Crippen LogP contribution < -0.4 is 0 Å². The number of allylic oxidation sites excluding steroid dienone is 3. The molecule has 3 rings (SSSR count). The van der Waals surface area contributed by atoms with Crippen LogP contribution in [0, 0.1) is 11.8 Å². The van der Waals surface area contributed by atoms with Gasteiger partial charge in [0.2, 0.25) is 0 Å². The van der Waals surface area contributed by atoms with Crippen LogP contribution in [0.25, 0.3) is 0 Å². The average molecular weight is 698 g/mol. The summed E-state index contributed by atoms with van der Waals surface area (Å²) in [6.45, 7) is 8.82. The summed E-state index contributed by atoms with van der Waals surface area (Å²) < 4.78 is 41.1. The quantitative estimate of drug-likeness (QED) is 0.301. The Kier molecular flexibility index (Phi) is 16.0. The molecule has 49 heavy (non-hydrogen) atoms. The van der Waals surface area contributed by atoms with E-state index in [1.807, 2.05) is 39.8 Å². The second-order valence-electron chi connectivity index (χ2n) is 13.9. The van der Waals surface area contributed by atoms with Crippen LogP contribution in [0.4, 0.5) is 0 Å². The molecule has 0 aliphatic carbocycles. The number of esters is 1. The van der Waals surface area contributed by atoms with Crippen molar-refractivity contribution in [1.29, 1.82) is 0 Å². The molecule has 0 bridgehead atoms. The summed E-state index contributed by atoms with van der Waals surface area (Å²) >= 11 is 0. The van der Waals surface area contributed by atoms with E-state index in [4.69, 9.17) is 33.2 Å². The zero-order valence-corrected chi connectivity index (χ0v) is 30.5. The number of ketones is 1. The van der Waals surface area contributed by atoms with E-state index in [1.54, 1.807) is 19.9 Å². The van der Waals surface area contributed by atoms with Gasteiger partial charge >= 0.3 is 5.97 Å². The van der Waals surface area contributed by atoms with E-state index in [0.29, 0.717) is 12.8 Å². The van der Waals surface area contributed by atoms with Crippen LogP contribution >= 0.6 is 0 Å². The normalized spacial score (nSPS) is 43.6. The highest BCUT2D eigenvalue weighted by molar-refractivity contribution is 5.91. The second-order valence-corrected chi connectivity index (χ2v) is 13.9. The van der Waals surface area contributed by atoms with Crippen molar-refractivity contribution in [2.45, 2.75) is 133 Å². The molecule has 0 radical (unpaired) electrons. The fourth-order valence-corrected chi connectivity index (χ4v) is 6.73. The van der Waals surface area contributed by atoms with Crippen LogP contribution in [-0.2, 0) is 42.7 Å². The molecule has 0 spiro atoms. The molecule has 0 aromatic rings. The summed E-state index contributed by atoms with van der Waals surface area (Å²) in [6, 6.07) is -0.158. The lowest BCUT2D eigenvalue weighted by atomic mass is 9.88. The van der Waals surface area contributed by atoms with Crippen LogP contribution in [0.15, 0.2) is 36.5 Å². The minimum Gasteiger partial charge on any atom is -0.456 e. The van der Waals surface area contributed by atoms with Gasteiger partial charge in [-0.05, 0) is 71.7 Å². The van der Waals surface area contributed by atoms with Gasteiger partial charge in [-0.25, -0.2) is 4.79 Å². The fourth-order valence-electron chi connectivity index (χ4n) is 6.73. The first kappa shape index (κ1) is 41.4. The van der Waals surface area contributed by atoms with E-state index >= 15 is 0 Å². The molecule has 0 unspecified atom stereocenters. The van der Waals surface area contributed by atoms with Gasteiger partial charge in [-0.15, -0.1) is 0 Å². The monoisotopic (exact) mass is 697 g/mol. The van der Waals surface area contributed by atoms with Gasteiger partial charge in [0.1, 0.15) is 36.1 Å². The lowest BCUT2D eigenvalue weighted by molar-refractivity contribution is -0.310. The molecule has 13 heteroatoms. The Balaban J connectivity index is 1.86. The van der Waals surface area contributed by atoms with Crippen molar-refractivity contribution in [2.24, 2.45) is 11.8 Å². The molecule has 0 aromatic carbocycles. The van der Waals surface area contributed by atoms with Gasteiger partial charge in [0.15, 0.2) is 18.4 Å². The predicted octanol–water partition coefficient (Wildman–Crippen LogP) is 2.31. The third-order valence-corrected chi connectivity index (χ3v) is 9.78. The molecule has 13 nitrogen and oxygen atoms in total. The number of methoxy groups -OCH3 is 2. The first-order chi connectivity index (χ1) is 23.1. The molecule has 3 aliphatic rings. The van der Waals surface area contributed by atoms with Gasteiger partial charge in [0, 0.05) is 32.3 Å².